The number of aromatic nitrogens is 3. The average Bonchev–Trinajstić information content (AvgIpc) is 3.21. The first-order valence-electron chi connectivity index (χ1n) is 8.46. The second-order valence-corrected chi connectivity index (χ2v) is 6.36. The van der Waals surface area contributed by atoms with Crippen molar-refractivity contribution < 1.29 is 4.79 Å². The SMILES string of the molecule is O=C(NCCn1cncn1)N1C2C=C(c3ccccc3)CC1CC2. The largest absolute Gasteiger partial charge is 0.336 e. The standard InChI is InChI=1S/C18H21N5O/c24-18(20-8-9-22-13-19-12-21-22)23-16-6-7-17(23)11-15(10-16)14-4-2-1-3-5-14/h1-5,10,12-13,16-17H,6-9,11H2,(H,20,24). The number of rotatable bonds is 4. The number of fused-ring (bicyclic) bond motifs is 2. The number of hydrogen-bond acceptors (Lipinski definition) is 3. The molecular formula is C18H21N5O. The van der Waals surface area contributed by atoms with Crippen LogP contribution in [0.15, 0.2) is 49.1 Å². The maximum absolute atomic E-state index is 12.6. The summed E-state index contributed by atoms with van der Waals surface area (Å²) in [6.45, 7) is 1.20. The van der Waals surface area contributed by atoms with Crippen LogP contribution >= 0.6 is 0 Å². The molecule has 0 radical (unpaired) electrons. The van der Waals surface area contributed by atoms with Gasteiger partial charge >= 0.3 is 6.03 Å². The van der Waals surface area contributed by atoms with Crippen LogP contribution in [0.5, 0.6) is 0 Å². The van der Waals surface area contributed by atoms with Crippen molar-refractivity contribution in [2.24, 2.45) is 0 Å². The monoisotopic (exact) mass is 323 g/mol. The Morgan fingerprint density at radius 2 is 2.12 bits per heavy atom. The third-order valence-electron chi connectivity index (χ3n) is 4.86. The number of urea groups is 1. The number of nitrogens with one attached hydrogen (secondary N) is 1. The molecule has 0 saturated carbocycles. The molecule has 1 saturated heterocycles. The fourth-order valence-corrected chi connectivity index (χ4v) is 3.73. The van der Waals surface area contributed by atoms with Gasteiger partial charge in [-0.25, -0.2) is 9.78 Å². The molecule has 6 heteroatoms. The van der Waals surface area contributed by atoms with Crippen molar-refractivity contribution in [2.45, 2.75) is 37.9 Å². The molecule has 1 aromatic heterocycles. The molecule has 2 unspecified atom stereocenters. The van der Waals surface area contributed by atoms with Crippen molar-refractivity contribution in [3.8, 4) is 0 Å². The molecule has 2 atom stereocenters. The summed E-state index contributed by atoms with van der Waals surface area (Å²) in [5.74, 6) is 0. The molecule has 2 aliphatic rings. The summed E-state index contributed by atoms with van der Waals surface area (Å²) in [5.41, 5.74) is 2.65. The van der Waals surface area contributed by atoms with Gasteiger partial charge < -0.3 is 10.2 Å². The van der Waals surface area contributed by atoms with E-state index in [4.69, 9.17) is 0 Å². The zero-order valence-electron chi connectivity index (χ0n) is 13.5. The second kappa shape index (κ2) is 6.47. The van der Waals surface area contributed by atoms with Crippen LogP contribution in [0.25, 0.3) is 5.57 Å². The van der Waals surface area contributed by atoms with Crippen molar-refractivity contribution in [1.82, 2.24) is 25.0 Å². The number of carbonyl (C=O) groups is 1. The maximum Gasteiger partial charge on any atom is 0.318 e. The minimum absolute atomic E-state index is 0.0333. The lowest BCUT2D eigenvalue weighted by atomic mass is 9.95. The van der Waals surface area contributed by atoms with Crippen LogP contribution in [0, 0.1) is 0 Å². The van der Waals surface area contributed by atoms with Crippen molar-refractivity contribution in [1.29, 1.82) is 0 Å². The summed E-state index contributed by atoms with van der Waals surface area (Å²) in [5, 5.41) is 7.06. The average molecular weight is 323 g/mol. The first-order valence-corrected chi connectivity index (χ1v) is 8.46. The van der Waals surface area contributed by atoms with E-state index in [2.05, 4.69) is 45.7 Å². The van der Waals surface area contributed by atoms with Gasteiger partial charge in [0, 0.05) is 12.6 Å². The van der Waals surface area contributed by atoms with E-state index in [1.807, 2.05) is 11.0 Å². The molecule has 2 aromatic rings. The van der Waals surface area contributed by atoms with Gasteiger partial charge in [-0.3, -0.25) is 4.68 Å². The van der Waals surface area contributed by atoms with Gasteiger partial charge in [-0.05, 0) is 30.4 Å². The minimum atomic E-state index is 0.0333. The zero-order chi connectivity index (χ0) is 16.4. The molecule has 6 nitrogen and oxygen atoms in total. The predicted molar refractivity (Wildman–Crippen MR) is 91.1 cm³/mol. The summed E-state index contributed by atoms with van der Waals surface area (Å²) in [6.07, 6.45) is 8.51. The van der Waals surface area contributed by atoms with E-state index in [1.165, 1.54) is 17.5 Å². The Balaban J connectivity index is 1.40. The van der Waals surface area contributed by atoms with E-state index in [0.29, 0.717) is 19.1 Å². The molecule has 0 spiro atoms. The Morgan fingerprint density at radius 1 is 1.25 bits per heavy atom. The molecule has 4 rings (SSSR count). The van der Waals surface area contributed by atoms with E-state index in [1.54, 1.807) is 11.0 Å². The van der Waals surface area contributed by atoms with Gasteiger partial charge in [0.1, 0.15) is 12.7 Å². The number of carbonyl (C=O) groups excluding carboxylic acids is 1. The molecule has 2 aliphatic heterocycles. The third kappa shape index (κ3) is 2.91. The molecule has 124 valence electrons. The summed E-state index contributed by atoms with van der Waals surface area (Å²) in [4.78, 5) is 18.5. The highest BCUT2D eigenvalue weighted by Crippen LogP contribution is 2.38. The first kappa shape index (κ1) is 14.9. The normalized spacial score (nSPS) is 22.3. The Bertz CT molecular complexity index is 725. The molecule has 1 fully saturated rings. The second-order valence-electron chi connectivity index (χ2n) is 6.36. The lowest BCUT2D eigenvalue weighted by Crippen LogP contribution is -2.48. The van der Waals surface area contributed by atoms with Crippen LogP contribution in [-0.2, 0) is 6.54 Å². The Morgan fingerprint density at radius 3 is 2.88 bits per heavy atom. The van der Waals surface area contributed by atoms with Gasteiger partial charge in [0.05, 0.1) is 12.6 Å². The molecule has 2 bridgehead atoms. The van der Waals surface area contributed by atoms with Crippen LogP contribution in [0.2, 0.25) is 0 Å². The lowest BCUT2D eigenvalue weighted by Gasteiger charge is -2.34. The minimum Gasteiger partial charge on any atom is -0.336 e. The molecule has 3 heterocycles. The Labute approximate surface area is 141 Å². The Hall–Kier alpha value is -2.63. The summed E-state index contributed by atoms with van der Waals surface area (Å²) in [6, 6.07) is 11.0. The smallest absolute Gasteiger partial charge is 0.318 e. The van der Waals surface area contributed by atoms with Crippen molar-refractivity contribution in [2.75, 3.05) is 6.54 Å². The highest BCUT2D eigenvalue weighted by atomic mass is 16.2. The number of nitrogens with zero attached hydrogens (tertiary/aromatic N) is 4. The zero-order valence-corrected chi connectivity index (χ0v) is 13.5. The van der Waals surface area contributed by atoms with Crippen molar-refractivity contribution in [3.63, 3.8) is 0 Å². The topological polar surface area (TPSA) is 63.1 Å². The van der Waals surface area contributed by atoms with Crippen LogP contribution in [0.1, 0.15) is 24.8 Å². The van der Waals surface area contributed by atoms with Crippen LogP contribution in [-0.4, -0.2) is 44.3 Å². The third-order valence-corrected chi connectivity index (χ3v) is 4.86. The molecule has 1 aromatic carbocycles. The molecular weight excluding hydrogens is 302 g/mol. The highest BCUT2D eigenvalue weighted by molar-refractivity contribution is 5.78. The number of benzene rings is 1. The number of amides is 2. The quantitative estimate of drug-likeness (QED) is 0.939. The van der Waals surface area contributed by atoms with Crippen LogP contribution in [0.3, 0.4) is 0 Å². The molecule has 0 aliphatic carbocycles. The Kier molecular flexibility index (Phi) is 4.02. The van der Waals surface area contributed by atoms with Crippen LogP contribution in [0.4, 0.5) is 4.79 Å². The van der Waals surface area contributed by atoms with Gasteiger partial charge in [0.25, 0.3) is 0 Å². The van der Waals surface area contributed by atoms with Gasteiger partial charge in [-0.2, -0.15) is 5.10 Å². The van der Waals surface area contributed by atoms with E-state index in [-0.39, 0.29) is 12.1 Å². The van der Waals surface area contributed by atoms with Gasteiger partial charge in [0.2, 0.25) is 0 Å². The lowest BCUT2D eigenvalue weighted by molar-refractivity contribution is 0.179. The van der Waals surface area contributed by atoms with E-state index in [9.17, 15) is 4.79 Å². The van der Waals surface area contributed by atoms with Crippen molar-refractivity contribution >= 4 is 11.6 Å². The summed E-state index contributed by atoms with van der Waals surface area (Å²) >= 11 is 0. The van der Waals surface area contributed by atoms with E-state index in [0.717, 1.165) is 19.3 Å². The molecule has 1 N–H and O–H groups in total. The fraction of sp³-hybridized carbons (Fsp3) is 0.389. The van der Waals surface area contributed by atoms with E-state index < -0.39 is 0 Å². The predicted octanol–water partition coefficient (Wildman–Crippen LogP) is 2.31. The van der Waals surface area contributed by atoms with Gasteiger partial charge in [0.15, 0.2) is 0 Å². The molecule has 2 amide bonds. The highest BCUT2D eigenvalue weighted by Gasteiger charge is 2.39. The van der Waals surface area contributed by atoms with Crippen LogP contribution < -0.4 is 5.32 Å². The summed E-state index contributed by atoms with van der Waals surface area (Å²) < 4.78 is 1.72. The molecule has 24 heavy (non-hydrogen) atoms. The first-order chi connectivity index (χ1) is 11.8. The van der Waals surface area contributed by atoms with E-state index >= 15 is 0 Å². The fourth-order valence-electron chi connectivity index (χ4n) is 3.73. The van der Waals surface area contributed by atoms with Crippen molar-refractivity contribution in [3.05, 3.63) is 54.6 Å². The summed E-state index contributed by atoms with van der Waals surface area (Å²) in [7, 11) is 0. The number of hydrogen-bond donors (Lipinski definition) is 1. The van der Waals surface area contributed by atoms with Gasteiger partial charge in [-0.15, -0.1) is 0 Å². The maximum atomic E-state index is 12.6. The van der Waals surface area contributed by atoms with Gasteiger partial charge in [-0.1, -0.05) is 36.4 Å².